The lowest BCUT2D eigenvalue weighted by molar-refractivity contribution is 1.30. The molecule has 3 nitrogen and oxygen atoms in total. The van der Waals surface area contributed by atoms with Crippen molar-refractivity contribution in [1.29, 1.82) is 0 Å². The molecule has 3 heteroatoms. The number of nitrogens with zero attached hydrogens (tertiary/aromatic N) is 2. The standard InChI is InChI=1S/C25H17N3/c1-15-22(19-13-12-16-7-6-14-26-24(16)25(19)27-15)23-17-8-2-4-10-20(17)28-21-11-5-3-9-18(21)23/h2-14,27H,1H3. The minimum Gasteiger partial charge on any atom is -0.356 e. The van der Waals surface area contributed by atoms with Crippen LogP contribution < -0.4 is 0 Å². The molecule has 0 radical (unpaired) electrons. The number of pyridine rings is 2. The van der Waals surface area contributed by atoms with Crippen LogP contribution in [0, 0.1) is 6.92 Å². The summed E-state index contributed by atoms with van der Waals surface area (Å²) in [6.45, 7) is 2.15. The number of para-hydroxylation sites is 2. The topological polar surface area (TPSA) is 41.6 Å². The number of hydrogen-bond donors (Lipinski definition) is 1. The maximum Gasteiger partial charge on any atom is 0.0942 e. The molecule has 6 aromatic rings. The van der Waals surface area contributed by atoms with E-state index in [1.165, 1.54) is 27.3 Å². The fourth-order valence-electron chi connectivity index (χ4n) is 4.36. The molecule has 0 aliphatic heterocycles. The molecule has 1 N–H and O–H groups in total. The second kappa shape index (κ2) is 5.64. The van der Waals surface area contributed by atoms with E-state index in [2.05, 4.69) is 71.5 Å². The molecule has 0 bridgehead atoms. The van der Waals surface area contributed by atoms with Crippen molar-refractivity contribution >= 4 is 43.6 Å². The summed E-state index contributed by atoms with van der Waals surface area (Å²) < 4.78 is 0. The Morgan fingerprint density at radius 3 is 2.14 bits per heavy atom. The number of H-pyrrole nitrogens is 1. The fourth-order valence-corrected chi connectivity index (χ4v) is 4.36. The molecular weight excluding hydrogens is 342 g/mol. The lowest BCUT2D eigenvalue weighted by atomic mass is 9.94. The normalized spacial score (nSPS) is 11.8. The molecule has 0 aliphatic carbocycles. The lowest BCUT2D eigenvalue weighted by Gasteiger charge is -2.12. The predicted molar refractivity (Wildman–Crippen MR) is 117 cm³/mol. The number of benzene rings is 3. The third kappa shape index (κ3) is 2.04. The van der Waals surface area contributed by atoms with Gasteiger partial charge in [0, 0.05) is 44.6 Å². The molecule has 0 atom stereocenters. The molecule has 0 spiro atoms. The third-order valence-corrected chi connectivity index (χ3v) is 5.57. The van der Waals surface area contributed by atoms with Gasteiger partial charge in [0.1, 0.15) is 0 Å². The number of hydrogen-bond acceptors (Lipinski definition) is 2. The van der Waals surface area contributed by atoms with Gasteiger partial charge in [0.25, 0.3) is 0 Å². The van der Waals surface area contributed by atoms with E-state index >= 15 is 0 Å². The molecule has 3 aromatic heterocycles. The van der Waals surface area contributed by atoms with Gasteiger partial charge in [0.15, 0.2) is 0 Å². The highest BCUT2D eigenvalue weighted by atomic mass is 14.8. The molecule has 28 heavy (non-hydrogen) atoms. The summed E-state index contributed by atoms with van der Waals surface area (Å²) >= 11 is 0. The molecule has 0 amide bonds. The summed E-state index contributed by atoms with van der Waals surface area (Å²) in [7, 11) is 0. The van der Waals surface area contributed by atoms with Gasteiger partial charge >= 0.3 is 0 Å². The Morgan fingerprint density at radius 1 is 0.679 bits per heavy atom. The summed E-state index contributed by atoms with van der Waals surface area (Å²) in [5.41, 5.74) is 7.76. The van der Waals surface area contributed by atoms with Crippen LogP contribution in [-0.2, 0) is 0 Å². The van der Waals surface area contributed by atoms with Crippen LogP contribution in [0.4, 0.5) is 0 Å². The summed E-state index contributed by atoms with van der Waals surface area (Å²) in [6, 6.07) is 25.2. The first-order valence-corrected chi connectivity index (χ1v) is 9.45. The second-order valence-electron chi connectivity index (χ2n) is 7.21. The fraction of sp³-hybridized carbons (Fsp3) is 0.0400. The van der Waals surface area contributed by atoms with Crippen molar-refractivity contribution in [3.63, 3.8) is 0 Å². The van der Waals surface area contributed by atoms with E-state index in [1.54, 1.807) is 0 Å². The van der Waals surface area contributed by atoms with Crippen molar-refractivity contribution < 1.29 is 0 Å². The number of fused-ring (bicyclic) bond motifs is 5. The van der Waals surface area contributed by atoms with Crippen molar-refractivity contribution in [3.8, 4) is 11.1 Å². The number of aromatic nitrogens is 3. The van der Waals surface area contributed by atoms with Gasteiger partial charge in [0.05, 0.1) is 22.1 Å². The molecule has 0 aliphatic rings. The van der Waals surface area contributed by atoms with Crippen LogP contribution in [0.5, 0.6) is 0 Å². The minimum absolute atomic E-state index is 1.01. The van der Waals surface area contributed by atoms with Gasteiger partial charge < -0.3 is 4.98 Å². The predicted octanol–water partition coefficient (Wildman–Crippen LogP) is 6.39. The first-order valence-electron chi connectivity index (χ1n) is 9.45. The van der Waals surface area contributed by atoms with Crippen LogP contribution >= 0.6 is 0 Å². The zero-order valence-electron chi connectivity index (χ0n) is 15.4. The summed E-state index contributed by atoms with van der Waals surface area (Å²) in [5.74, 6) is 0. The van der Waals surface area contributed by atoms with Crippen molar-refractivity contribution in [1.82, 2.24) is 15.0 Å². The first-order chi connectivity index (χ1) is 13.8. The summed E-state index contributed by atoms with van der Waals surface area (Å²) in [4.78, 5) is 13.1. The highest BCUT2D eigenvalue weighted by Crippen LogP contribution is 2.41. The first kappa shape index (κ1) is 15.3. The highest BCUT2D eigenvalue weighted by molar-refractivity contribution is 6.18. The molecule has 0 fully saturated rings. The van der Waals surface area contributed by atoms with Crippen LogP contribution in [0.25, 0.3) is 54.7 Å². The third-order valence-electron chi connectivity index (χ3n) is 5.57. The van der Waals surface area contributed by atoms with E-state index in [1.807, 2.05) is 24.4 Å². The van der Waals surface area contributed by atoms with E-state index in [-0.39, 0.29) is 0 Å². The molecule has 3 heterocycles. The number of rotatable bonds is 1. The minimum atomic E-state index is 1.01. The maximum atomic E-state index is 4.89. The Hall–Kier alpha value is -3.72. The van der Waals surface area contributed by atoms with Crippen LogP contribution in [-0.4, -0.2) is 15.0 Å². The van der Waals surface area contributed by atoms with Crippen LogP contribution in [0.3, 0.4) is 0 Å². The van der Waals surface area contributed by atoms with Gasteiger partial charge in [-0.05, 0) is 25.1 Å². The highest BCUT2D eigenvalue weighted by Gasteiger charge is 2.18. The smallest absolute Gasteiger partial charge is 0.0942 e. The molecule has 132 valence electrons. The van der Waals surface area contributed by atoms with Crippen molar-refractivity contribution in [2.75, 3.05) is 0 Å². The molecule has 0 unspecified atom stereocenters. The van der Waals surface area contributed by atoms with Gasteiger partial charge in [-0.15, -0.1) is 0 Å². The second-order valence-corrected chi connectivity index (χ2v) is 7.21. The van der Waals surface area contributed by atoms with Gasteiger partial charge in [-0.1, -0.05) is 54.6 Å². The molecule has 6 rings (SSSR count). The zero-order chi connectivity index (χ0) is 18.7. The molecular formula is C25H17N3. The van der Waals surface area contributed by atoms with E-state index in [4.69, 9.17) is 4.98 Å². The largest absolute Gasteiger partial charge is 0.356 e. The monoisotopic (exact) mass is 359 g/mol. The van der Waals surface area contributed by atoms with Crippen molar-refractivity contribution in [2.24, 2.45) is 0 Å². The maximum absolute atomic E-state index is 4.89. The molecule has 0 saturated carbocycles. The SMILES string of the molecule is Cc1[nH]c2c(ccc3cccnc32)c1-c1c2ccccc2nc2ccccc12. The molecule has 0 saturated heterocycles. The Morgan fingerprint density at radius 2 is 1.39 bits per heavy atom. The number of nitrogens with one attached hydrogen (secondary N) is 1. The van der Waals surface area contributed by atoms with E-state index < -0.39 is 0 Å². The van der Waals surface area contributed by atoms with Gasteiger partial charge in [-0.3, -0.25) is 4.98 Å². The van der Waals surface area contributed by atoms with E-state index in [0.717, 1.165) is 33.1 Å². The van der Waals surface area contributed by atoms with Crippen LogP contribution in [0.15, 0.2) is 79.0 Å². The number of aromatic amines is 1. The average molecular weight is 359 g/mol. The summed E-state index contributed by atoms with van der Waals surface area (Å²) in [6.07, 6.45) is 1.86. The van der Waals surface area contributed by atoms with Crippen molar-refractivity contribution in [3.05, 3.63) is 84.7 Å². The summed E-state index contributed by atoms with van der Waals surface area (Å²) in [5, 5.41) is 4.69. The lowest BCUT2D eigenvalue weighted by Crippen LogP contribution is -1.89. The quantitative estimate of drug-likeness (QED) is 0.345. The van der Waals surface area contributed by atoms with Gasteiger partial charge in [-0.2, -0.15) is 0 Å². The zero-order valence-corrected chi connectivity index (χ0v) is 15.4. The van der Waals surface area contributed by atoms with E-state index in [9.17, 15) is 0 Å². The van der Waals surface area contributed by atoms with Crippen LogP contribution in [0.2, 0.25) is 0 Å². The Kier molecular flexibility index (Phi) is 3.09. The molecule has 3 aromatic carbocycles. The Labute approximate surface area is 161 Å². The van der Waals surface area contributed by atoms with Gasteiger partial charge in [-0.25, -0.2) is 4.98 Å². The van der Waals surface area contributed by atoms with Crippen molar-refractivity contribution in [2.45, 2.75) is 6.92 Å². The average Bonchev–Trinajstić information content (AvgIpc) is 3.08. The van der Waals surface area contributed by atoms with Crippen LogP contribution in [0.1, 0.15) is 5.69 Å². The number of aryl methyl sites for hydroxylation is 1. The van der Waals surface area contributed by atoms with Gasteiger partial charge in [0.2, 0.25) is 0 Å². The van der Waals surface area contributed by atoms with E-state index in [0.29, 0.717) is 0 Å². The Bertz CT molecular complexity index is 1470. The Balaban J connectivity index is 1.85.